The standard InChI is InChI=1S/C13H20N4O2/c1-9-7-10(14)12(17-8-9)15-4-5-16-13(18)11-3-2-6-19-11/h7-8,11H,2-6,14H2,1H3,(H,15,17)(H,16,18). The summed E-state index contributed by atoms with van der Waals surface area (Å²) in [4.78, 5) is 15.9. The SMILES string of the molecule is Cc1cnc(NCCNC(=O)C2CCCO2)c(N)c1. The second kappa shape index (κ2) is 6.38. The lowest BCUT2D eigenvalue weighted by Gasteiger charge is -2.12. The van der Waals surface area contributed by atoms with E-state index in [4.69, 9.17) is 10.5 Å². The second-order valence-corrected chi connectivity index (χ2v) is 4.67. The van der Waals surface area contributed by atoms with Crippen molar-refractivity contribution in [2.75, 3.05) is 30.7 Å². The second-order valence-electron chi connectivity index (χ2n) is 4.67. The van der Waals surface area contributed by atoms with Gasteiger partial charge in [0.1, 0.15) is 11.9 Å². The summed E-state index contributed by atoms with van der Waals surface area (Å²) in [7, 11) is 0. The molecule has 0 spiro atoms. The fraction of sp³-hybridized carbons (Fsp3) is 0.538. The number of nitrogens with zero attached hydrogens (tertiary/aromatic N) is 1. The van der Waals surface area contributed by atoms with E-state index in [1.54, 1.807) is 6.20 Å². The van der Waals surface area contributed by atoms with Crippen LogP contribution in [0.2, 0.25) is 0 Å². The van der Waals surface area contributed by atoms with E-state index >= 15 is 0 Å². The van der Waals surface area contributed by atoms with Crippen molar-refractivity contribution in [1.29, 1.82) is 0 Å². The summed E-state index contributed by atoms with van der Waals surface area (Å²) in [5.41, 5.74) is 7.47. The first-order chi connectivity index (χ1) is 9.16. The number of nitrogen functional groups attached to an aromatic ring is 1. The Bertz CT molecular complexity index is 444. The molecule has 0 bridgehead atoms. The Hall–Kier alpha value is -1.82. The molecule has 1 amide bonds. The van der Waals surface area contributed by atoms with Gasteiger partial charge in [0.2, 0.25) is 5.91 Å². The average Bonchev–Trinajstić information content (AvgIpc) is 2.90. The lowest BCUT2D eigenvalue weighted by atomic mass is 10.2. The normalized spacial score (nSPS) is 18.3. The number of ether oxygens (including phenoxy) is 1. The van der Waals surface area contributed by atoms with Gasteiger partial charge in [-0.1, -0.05) is 0 Å². The first-order valence-electron chi connectivity index (χ1n) is 6.52. The van der Waals surface area contributed by atoms with Crippen LogP contribution in [0.25, 0.3) is 0 Å². The fourth-order valence-electron chi connectivity index (χ4n) is 2.00. The molecule has 0 radical (unpaired) electrons. The molecule has 0 aromatic carbocycles. The quantitative estimate of drug-likeness (QED) is 0.680. The highest BCUT2D eigenvalue weighted by atomic mass is 16.5. The molecule has 2 heterocycles. The summed E-state index contributed by atoms with van der Waals surface area (Å²) in [6, 6.07) is 1.86. The number of pyridine rings is 1. The molecular formula is C13H20N4O2. The largest absolute Gasteiger partial charge is 0.396 e. The number of hydrogen-bond donors (Lipinski definition) is 3. The molecule has 19 heavy (non-hydrogen) atoms. The van der Waals surface area contributed by atoms with E-state index in [1.165, 1.54) is 0 Å². The summed E-state index contributed by atoms with van der Waals surface area (Å²) in [5.74, 6) is 0.612. The van der Waals surface area contributed by atoms with E-state index in [9.17, 15) is 4.79 Å². The number of aryl methyl sites for hydroxylation is 1. The van der Waals surface area contributed by atoms with Crippen LogP contribution >= 0.6 is 0 Å². The van der Waals surface area contributed by atoms with Crippen LogP contribution in [-0.4, -0.2) is 36.7 Å². The van der Waals surface area contributed by atoms with Crippen LogP contribution in [0, 0.1) is 6.92 Å². The number of hydrogen-bond acceptors (Lipinski definition) is 5. The van der Waals surface area contributed by atoms with Gasteiger partial charge in [-0.2, -0.15) is 0 Å². The van der Waals surface area contributed by atoms with Crippen molar-refractivity contribution >= 4 is 17.4 Å². The highest BCUT2D eigenvalue weighted by Gasteiger charge is 2.22. The molecule has 0 saturated carbocycles. The Morgan fingerprint density at radius 3 is 3.11 bits per heavy atom. The van der Waals surface area contributed by atoms with Gasteiger partial charge in [0.15, 0.2) is 0 Å². The molecule has 2 rings (SSSR count). The van der Waals surface area contributed by atoms with Crippen molar-refractivity contribution in [3.63, 3.8) is 0 Å². The number of aromatic nitrogens is 1. The minimum atomic E-state index is -0.275. The predicted octanol–water partition coefficient (Wildman–Crippen LogP) is 0.679. The Balaban J connectivity index is 1.70. The van der Waals surface area contributed by atoms with Gasteiger partial charge < -0.3 is 21.1 Å². The van der Waals surface area contributed by atoms with E-state index in [-0.39, 0.29) is 12.0 Å². The molecule has 4 N–H and O–H groups in total. The molecule has 6 heteroatoms. The zero-order valence-corrected chi connectivity index (χ0v) is 11.1. The smallest absolute Gasteiger partial charge is 0.249 e. The number of carbonyl (C=O) groups is 1. The molecular weight excluding hydrogens is 244 g/mol. The van der Waals surface area contributed by atoms with Gasteiger partial charge in [0.05, 0.1) is 5.69 Å². The highest BCUT2D eigenvalue weighted by Crippen LogP contribution is 2.15. The lowest BCUT2D eigenvalue weighted by Crippen LogP contribution is -2.36. The summed E-state index contributed by atoms with van der Waals surface area (Å²) >= 11 is 0. The summed E-state index contributed by atoms with van der Waals surface area (Å²) in [6.07, 6.45) is 3.25. The van der Waals surface area contributed by atoms with Crippen LogP contribution in [0.5, 0.6) is 0 Å². The molecule has 6 nitrogen and oxygen atoms in total. The van der Waals surface area contributed by atoms with Crippen molar-refractivity contribution in [3.8, 4) is 0 Å². The predicted molar refractivity (Wildman–Crippen MR) is 73.9 cm³/mol. The third kappa shape index (κ3) is 3.82. The van der Waals surface area contributed by atoms with E-state index in [2.05, 4.69) is 15.6 Å². The minimum Gasteiger partial charge on any atom is -0.396 e. The van der Waals surface area contributed by atoms with Crippen molar-refractivity contribution < 1.29 is 9.53 Å². The Kier molecular flexibility index (Phi) is 4.57. The maximum Gasteiger partial charge on any atom is 0.249 e. The van der Waals surface area contributed by atoms with Gasteiger partial charge in [-0.05, 0) is 31.4 Å². The average molecular weight is 264 g/mol. The molecule has 1 fully saturated rings. The zero-order valence-electron chi connectivity index (χ0n) is 11.1. The van der Waals surface area contributed by atoms with Crippen LogP contribution in [0.15, 0.2) is 12.3 Å². The highest BCUT2D eigenvalue weighted by molar-refractivity contribution is 5.81. The molecule has 104 valence electrons. The topological polar surface area (TPSA) is 89.3 Å². The van der Waals surface area contributed by atoms with Crippen molar-refractivity contribution in [1.82, 2.24) is 10.3 Å². The van der Waals surface area contributed by atoms with Crippen molar-refractivity contribution in [3.05, 3.63) is 17.8 Å². The van der Waals surface area contributed by atoms with Crippen LogP contribution in [0.4, 0.5) is 11.5 Å². The molecule has 1 unspecified atom stereocenters. The number of rotatable bonds is 5. The molecule has 1 saturated heterocycles. The Morgan fingerprint density at radius 1 is 1.58 bits per heavy atom. The lowest BCUT2D eigenvalue weighted by molar-refractivity contribution is -0.129. The van der Waals surface area contributed by atoms with Crippen molar-refractivity contribution in [2.45, 2.75) is 25.9 Å². The van der Waals surface area contributed by atoms with Gasteiger partial charge in [0.25, 0.3) is 0 Å². The van der Waals surface area contributed by atoms with Gasteiger partial charge in [0, 0.05) is 25.9 Å². The molecule has 1 aliphatic rings. The van der Waals surface area contributed by atoms with Crippen molar-refractivity contribution in [2.24, 2.45) is 0 Å². The number of nitrogens with one attached hydrogen (secondary N) is 2. The van der Waals surface area contributed by atoms with E-state index < -0.39 is 0 Å². The van der Waals surface area contributed by atoms with Gasteiger partial charge >= 0.3 is 0 Å². The summed E-state index contributed by atoms with van der Waals surface area (Å²) in [6.45, 7) is 3.72. The Morgan fingerprint density at radius 2 is 2.42 bits per heavy atom. The van der Waals surface area contributed by atoms with Crippen LogP contribution in [-0.2, 0) is 9.53 Å². The number of anilines is 2. The van der Waals surface area contributed by atoms with E-state index in [1.807, 2.05) is 13.0 Å². The Labute approximate surface area is 112 Å². The fourth-order valence-corrected chi connectivity index (χ4v) is 2.00. The summed E-state index contributed by atoms with van der Waals surface area (Å²) < 4.78 is 5.30. The molecule has 1 aromatic rings. The van der Waals surface area contributed by atoms with Crippen LogP contribution < -0.4 is 16.4 Å². The summed E-state index contributed by atoms with van der Waals surface area (Å²) in [5, 5.41) is 5.93. The van der Waals surface area contributed by atoms with Crippen LogP contribution in [0.1, 0.15) is 18.4 Å². The number of amides is 1. The van der Waals surface area contributed by atoms with Gasteiger partial charge in [-0.3, -0.25) is 4.79 Å². The van der Waals surface area contributed by atoms with E-state index in [0.29, 0.717) is 31.2 Å². The monoisotopic (exact) mass is 264 g/mol. The van der Waals surface area contributed by atoms with Gasteiger partial charge in [-0.25, -0.2) is 4.98 Å². The maximum atomic E-state index is 11.7. The molecule has 1 aliphatic heterocycles. The number of nitrogens with two attached hydrogens (primary N) is 1. The first kappa shape index (κ1) is 13.6. The minimum absolute atomic E-state index is 0.0378. The number of carbonyl (C=O) groups excluding carboxylic acids is 1. The molecule has 0 aliphatic carbocycles. The molecule has 1 aromatic heterocycles. The van der Waals surface area contributed by atoms with E-state index in [0.717, 1.165) is 18.4 Å². The van der Waals surface area contributed by atoms with Crippen LogP contribution in [0.3, 0.4) is 0 Å². The zero-order chi connectivity index (χ0) is 13.7. The first-order valence-corrected chi connectivity index (χ1v) is 6.52. The maximum absolute atomic E-state index is 11.7. The third-order valence-corrected chi connectivity index (χ3v) is 2.99. The molecule has 1 atom stereocenters. The third-order valence-electron chi connectivity index (χ3n) is 2.99. The van der Waals surface area contributed by atoms with Gasteiger partial charge in [-0.15, -0.1) is 0 Å².